The van der Waals surface area contributed by atoms with E-state index < -0.39 is 0 Å². The van der Waals surface area contributed by atoms with Crippen LogP contribution in [0.2, 0.25) is 0 Å². The van der Waals surface area contributed by atoms with E-state index in [1.165, 1.54) is 77.8 Å². The molecule has 0 saturated carbocycles. The van der Waals surface area contributed by atoms with Crippen molar-refractivity contribution in [1.29, 1.82) is 0 Å². The molecule has 1 heteroatoms. The summed E-state index contributed by atoms with van der Waals surface area (Å²) in [7, 11) is 0. The lowest BCUT2D eigenvalue weighted by Crippen LogP contribution is -2.17. The molecule has 2 aliphatic carbocycles. The summed E-state index contributed by atoms with van der Waals surface area (Å²) in [6, 6.07) is 56.3. The number of nitrogens with zero attached hydrogens (tertiary/aromatic N) is 1. The van der Waals surface area contributed by atoms with Gasteiger partial charge in [0.05, 0.1) is 5.69 Å². The van der Waals surface area contributed by atoms with Crippen LogP contribution in [0.5, 0.6) is 0 Å². The second-order valence-electron chi connectivity index (χ2n) is 14.2. The molecule has 0 heterocycles. The van der Waals surface area contributed by atoms with Gasteiger partial charge in [-0.1, -0.05) is 149 Å². The average molecular weight is 604 g/mol. The Morgan fingerprint density at radius 3 is 1.70 bits per heavy atom. The zero-order valence-corrected chi connectivity index (χ0v) is 27.4. The first-order valence-electron chi connectivity index (χ1n) is 16.7. The quantitative estimate of drug-likeness (QED) is 0.193. The highest BCUT2D eigenvalue weighted by Gasteiger charge is 2.38. The second kappa shape index (κ2) is 10.0. The van der Waals surface area contributed by atoms with Crippen molar-refractivity contribution in [2.75, 3.05) is 4.90 Å². The number of benzene rings is 7. The van der Waals surface area contributed by atoms with Crippen molar-refractivity contribution < 1.29 is 0 Å². The molecule has 0 unspecified atom stereocenters. The van der Waals surface area contributed by atoms with Crippen molar-refractivity contribution in [2.24, 2.45) is 0 Å². The number of para-hydroxylation sites is 1. The fourth-order valence-corrected chi connectivity index (χ4v) is 8.45. The molecular formula is C46H37N. The van der Waals surface area contributed by atoms with Crippen LogP contribution in [-0.4, -0.2) is 0 Å². The summed E-state index contributed by atoms with van der Waals surface area (Å²) in [5, 5.41) is 2.48. The third-order valence-electron chi connectivity index (χ3n) is 10.9. The summed E-state index contributed by atoms with van der Waals surface area (Å²) in [4.78, 5) is 2.48. The van der Waals surface area contributed by atoms with Crippen LogP contribution in [0.25, 0.3) is 44.2 Å². The molecule has 0 fully saturated rings. The first-order chi connectivity index (χ1) is 22.8. The van der Waals surface area contributed by atoms with Gasteiger partial charge in [-0.3, -0.25) is 0 Å². The van der Waals surface area contributed by atoms with Gasteiger partial charge in [-0.05, 0) is 91.2 Å². The third kappa shape index (κ3) is 4.02. The third-order valence-corrected chi connectivity index (χ3v) is 10.9. The van der Waals surface area contributed by atoms with Crippen LogP contribution < -0.4 is 4.90 Å². The first-order valence-corrected chi connectivity index (χ1v) is 16.7. The molecule has 226 valence electrons. The fraction of sp³-hybridized carbons (Fsp3) is 0.130. The summed E-state index contributed by atoms with van der Waals surface area (Å²) < 4.78 is 0. The number of rotatable bonds is 4. The molecule has 0 atom stereocenters. The van der Waals surface area contributed by atoms with Crippen molar-refractivity contribution in [3.8, 4) is 33.4 Å². The van der Waals surface area contributed by atoms with Gasteiger partial charge in [0.15, 0.2) is 0 Å². The van der Waals surface area contributed by atoms with E-state index in [1.54, 1.807) is 0 Å². The molecular weight excluding hydrogens is 567 g/mol. The molecule has 0 saturated heterocycles. The summed E-state index contributed by atoms with van der Waals surface area (Å²) >= 11 is 0. The molecule has 0 spiro atoms. The Kier molecular flexibility index (Phi) is 5.96. The van der Waals surface area contributed by atoms with E-state index in [0.29, 0.717) is 0 Å². The van der Waals surface area contributed by atoms with Gasteiger partial charge >= 0.3 is 0 Å². The maximum absolute atomic E-state index is 2.48. The Balaban J connectivity index is 1.30. The maximum Gasteiger partial charge on any atom is 0.0540 e. The highest BCUT2D eigenvalue weighted by atomic mass is 15.1. The maximum atomic E-state index is 2.48. The lowest BCUT2D eigenvalue weighted by atomic mass is 9.82. The Morgan fingerprint density at radius 2 is 0.894 bits per heavy atom. The van der Waals surface area contributed by atoms with Crippen LogP contribution in [0.1, 0.15) is 49.9 Å². The highest BCUT2D eigenvalue weighted by molar-refractivity contribution is 5.99. The van der Waals surface area contributed by atoms with Gasteiger partial charge in [0.2, 0.25) is 0 Å². The van der Waals surface area contributed by atoms with E-state index in [9.17, 15) is 0 Å². The largest absolute Gasteiger partial charge is 0.310 e. The standard InChI is InChI=1S/C46H37N/c1-45(2)40-21-11-8-18-38(40)44-37(19-13-22-41(44)45)36-17-9-12-23-43(36)47(32-25-24-30-14-5-6-15-31(30)28-32)33-26-27-35-34-16-7-10-20-39(34)46(3,4)42(35)29-33/h5-29H,1-4H3. The Bertz CT molecular complexity index is 2370. The van der Waals surface area contributed by atoms with Gasteiger partial charge < -0.3 is 4.90 Å². The van der Waals surface area contributed by atoms with Gasteiger partial charge in [0, 0.05) is 27.8 Å². The monoisotopic (exact) mass is 603 g/mol. The predicted molar refractivity (Wildman–Crippen MR) is 199 cm³/mol. The molecule has 0 amide bonds. The van der Waals surface area contributed by atoms with E-state index in [2.05, 4.69) is 184 Å². The molecule has 1 nitrogen and oxygen atoms in total. The zero-order chi connectivity index (χ0) is 31.9. The topological polar surface area (TPSA) is 3.24 Å². The average Bonchev–Trinajstić information content (AvgIpc) is 3.48. The second-order valence-corrected chi connectivity index (χ2v) is 14.2. The SMILES string of the molecule is CC1(C)c2ccccc2-c2ccc(N(c3ccc4ccccc4c3)c3ccccc3-c3cccc4c3-c3ccccc3C4(C)C)cc21. The predicted octanol–water partition coefficient (Wildman–Crippen LogP) is 12.6. The van der Waals surface area contributed by atoms with Gasteiger partial charge in [0.25, 0.3) is 0 Å². The van der Waals surface area contributed by atoms with Gasteiger partial charge in [-0.15, -0.1) is 0 Å². The van der Waals surface area contributed by atoms with Gasteiger partial charge in [-0.2, -0.15) is 0 Å². The minimum absolute atomic E-state index is 0.0600. The molecule has 0 aliphatic heterocycles. The van der Waals surface area contributed by atoms with Crippen molar-refractivity contribution in [3.63, 3.8) is 0 Å². The number of hydrogen-bond acceptors (Lipinski definition) is 1. The van der Waals surface area contributed by atoms with E-state index >= 15 is 0 Å². The Morgan fingerprint density at radius 1 is 0.362 bits per heavy atom. The van der Waals surface area contributed by atoms with Crippen LogP contribution in [0.3, 0.4) is 0 Å². The van der Waals surface area contributed by atoms with Crippen LogP contribution >= 0.6 is 0 Å². The van der Waals surface area contributed by atoms with Crippen LogP contribution in [0.4, 0.5) is 17.1 Å². The first kappa shape index (κ1) is 27.9. The number of anilines is 3. The molecule has 0 aromatic heterocycles. The Labute approximate surface area is 277 Å². The van der Waals surface area contributed by atoms with Crippen LogP contribution in [-0.2, 0) is 10.8 Å². The molecule has 0 bridgehead atoms. The molecule has 7 aromatic rings. The minimum Gasteiger partial charge on any atom is -0.310 e. The van der Waals surface area contributed by atoms with E-state index in [4.69, 9.17) is 0 Å². The van der Waals surface area contributed by atoms with Crippen LogP contribution in [0.15, 0.2) is 152 Å². The normalized spacial score (nSPS) is 14.7. The Hall–Kier alpha value is -5.40. The minimum atomic E-state index is -0.0912. The van der Waals surface area contributed by atoms with Crippen molar-refractivity contribution in [2.45, 2.75) is 38.5 Å². The van der Waals surface area contributed by atoms with Gasteiger partial charge in [0.1, 0.15) is 0 Å². The van der Waals surface area contributed by atoms with Gasteiger partial charge in [-0.25, -0.2) is 0 Å². The summed E-state index contributed by atoms with van der Waals surface area (Å²) in [6.45, 7) is 9.45. The number of hydrogen-bond donors (Lipinski definition) is 0. The highest BCUT2D eigenvalue weighted by Crippen LogP contribution is 2.55. The summed E-state index contributed by atoms with van der Waals surface area (Å²) in [6.07, 6.45) is 0. The van der Waals surface area contributed by atoms with Crippen LogP contribution in [0, 0.1) is 0 Å². The molecule has 0 radical (unpaired) electrons. The molecule has 9 rings (SSSR count). The molecule has 2 aliphatic rings. The lowest BCUT2D eigenvalue weighted by molar-refractivity contribution is 0.660. The summed E-state index contributed by atoms with van der Waals surface area (Å²) in [5.41, 5.74) is 16.8. The summed E-state index contributed by atoms with van der Waals surface area (Å²) in [5.74, 6) is 0. The molecule has 0 N–H and O–H groups in total. The zero-order valence-electron chi connectivity index (χ0n) is 27.4. The van der Waals surface area contributed by atoms with E-state index in [0.717, 1.165) is 5.69 Å². The van der Waals surface area contributed by atoms with Crippen molar-refractivity contribution >= 4 is 27.8 Å². The van der Waals surface area contributed by atoms with Crippen molar-refractivity contribution in [3.05, 3.63) is 174 Å². The molecule has 47 heavy (non-hydrogen) atoms. The van der Waals surface area contributed by atoms with Crippen molar-refractivity contribution in [1.82, 2.24) is 0 Å². The number of fused-ring (bicyclic) bond motifs is 7. The lowest BCUT2D eigenvalue weighted by Gasteiger charge is -2.30. The fourth-order valence-electron chi connectivity index (χ4n) is 8.45. The van der Waals surface area contributed by atoms with E-state index in [1.807, 2.05) is 0 Å². The smallest absolute Gasteiger partial charge is 0.0540 e. The molecule has 7 aromatic carbocycles. The van der Waals surface area contributed by atoms with E-state index in [-0.39, 0.29) is 10.8 Å².